The summed E-state index contributed by atoms with van der Waals surface area (Å²) in [5.41, 5.74) is 3.81. The molecule has 1 N–H and O–H groups in total. The second kappa shape index (κ2) is 7.04. The predicted molar refractivity (Wildman–Crippen MR) is 92.5 cm³/mol. The fourth-order valence-corrected chi connectivity index (χ4v) is 3.05. The summed E-state index contributed by atoms with van der Waals surface area (Å²) in [6.45, 7) is 5.97. The third-order valence-corrected chi connectivity index (χ3v) is 4.35. The first kappa shape index (κ1) is 17.3. The van der Waals surface area contributed by atoms with Gasteiger partial charge in [0, 0.05) is 24.8 Å². The van der Waals surface area contributed by atoms with Gasteiger partial charge < -0.3 is 9.64 Å². The highest BCUT2D eigenvalue weighted by atomic mass is 35.5. The number of aromatic nitrogens is 2. The van der Waals surface area contributed by atoms with Gasteiger partial charge in [-0.05, 0) is 43.5 Å². The summed E-state index contributed by atoms with van der Waals surface area (Å²) in [5.74, 6) is 0.713. The molecule has 0 unspecified atom stereocenters. The number of aryl methyl sites for hydroxylation is 2. The van der Waals surface area contributed by atoms with Crippen molar-refractivity contribution in [3.05, 3.63) is 40.2 Å². The van der Waals surface area contributed by atoms with Gasteiger partial charge in [0.15, 0.2) is 0 Å². The number of halogens is 1. The summed E-state index contributed by atoms with van der Waals surface area (Å²) >= 11 is 6.13. The number of aromatic amines is 1. The maximum absolute atomic E-state index is 12.6. The van der Waals surface area contributed by atoms with E-state index < -0.39 is 0 Å². The number of nitrogens with one attached hydrogen (secondary N) is 1. The molecule has 5 nitrogen and oxygen atoms in total. The van der Waals surface area contributed by atoms with Crippen molar-refractivity contribution in [2.24, 2.45) is 0 Å². The van der Waals surface area contributed by atoms with E-state index in [4.69, 9.17) is 16.3 Å². The van der Waals surface area contributed by atoms with E-state index in [2.05, 4.69) is 10.2 Å². The van der Waals surface area contributed by atoms with E-state index in [-0.39, 0.29) is 11.8 Å². The van der Waals surface area contributed by atoms with Crippen molar-refractivity contribution >= 4 is 23.2 Å². The first-order valence-electron chi connectivity index (χ1n) is 7.46. The van der Waals surface area contributed by atoms with E-state index >= 15 is 0 Å². The van der Waals surface area contributed by atoms with Gasteiger partial charge in [0.1, 0.15) is 5.75 Å². The molecule has 0 fully saturated rings. The van der Waals surface area contributed by atoms with Crippen LogP contribution in [0, 0.1) is 13.8 Å². The first-order valence-corrected chi connectivity index (χ1v) is 7.84. The minimum Gasteiger partial charge on any atom is -0.495 e. The zero-order chi connectivity index (χ0) is 17.1. The molecular weight excluding hydrogens is 314 g/mol. The van der Waals surface area contributed by atoms with Crippen LogP contribution in [0.2, 0.25) is 5.02 Å². The number of rotatable bonds is 5. The Morgan fingerprint density at radius 3 is 2.65 bits per heavy atom. The van der Waals surface area contributed by atoms with Crippen molar-refractivity contribution in [2.45, 2.75) is 33.1 Å². The fourth-order valence-electron chi connectivity index (χ4n) is 2.79. The highest BCUT2D eigenvalue weighted by Crippen LogP contribution is 2.30. The van der Waals surface area contributed by atoms with Gasteiger partial charge in [-0.15, -0.1) is 0 Å². The number of carbonyl (C=O) groups is 1. The van der Waals surface area contributed by atoms with Crippen LogP contribution in [0.4, 0.5) is 5.69 Å². The zero-order valence-corrected chi connectivity index (χ0v) is 14.9. The largest absolute Gasteiger partial charge is 0.495 e. The van der Waals surface area contributed by atoms with E-state index in [1.807, 2.05) is 26.8 Å². The van der Waals surface area contributed by atoms with E-state index in [0.29, 0.717) is 17.2 Å². The average molecular weight is 336 g/mol. The number of amides is 1. The van der Waals surface area contributed by atoms with E-state index in [0.717, 1.165) is 22.6 Å². The molecule has 6 heteroatoms. The van der Waals surface area contributed by atoms with Gasteiger partial charge in [0.2, 0.25) is 5.91 Å². The number of benzene rings is 1. The van der Waals surface area contributed by atoms with Crippen LogP contribution in [0.25, 0.3) is 0 Å². The van der Waals surface area contributed by atoms with Gasteiger partial charge >= 0.3 is 0 Å². The molecule has 23 heavy (non-hydrogen) atoms. The van der Waals surface area contributed by atoms with Gasteiger partial charge in [-0.1, -0.05) is 18.5 Å². The number of hydrogen-bond acceptors (Lipinski definition) is 3. The molecule has 2 aromatic rings. The van der Waals surface area contributed by atoms with Gasteiger partial charge in [-0.2, -0.15) is 5.10 Å². The Labute approximate surface area is 141 Å². The standard InChI is InChI=1S/C17H22ClN3O2/c1-10(17-11(2)19-20-12(17)3)8-16(22)21(4)13-6-7-15(23-5)14(18)9-13/h6-7,9-10H,8H2,1-5H3,(H,19,20)/t10-/m0/s1. The predicted octanol–water partition coefficient (Wildman–Crippen LogP) is 3.85. The molecule has 1 amide bonds. The number of hydrogen-bond donors (Lipinski definition) is 1. The lowest BCUT2D eigenvalue weighted by molar-refractivity contribution is -0.118. The van der Waals surface area contributed by atoms with Crippen molar-refractivity contribution in [1.82, 2.24) is 10.2 Å². The van der Waals surface area contributed by atoms with E-state index in [9.17, 15) is 4.79 Å². The van der Waals surface area contributed by atoms with Crippen molar-refractivity contribution in [3.8, 4) is 5.75 Å². The molecule has 0 radical (unpaired) electrons. The molecule has 0 bridgehead atoms. The number of anilines is 1. The van der Waals surface area contributed by atoms with Crippen molar-refractivity contribution in [2.75, 3.05) is 19.1 Å². The topological polar surface area (TPSA) is 58.2 Å². The molecule has 1 heterocycles. The molecule has 124 valence electrons. The lowest BCUT2D eigenvalue weighted by Crippen LogP contribution is -2.27. The number of ether oxygens (including phenoxy) is 1. The highest BCUT2D eigenvalue weighted by Gasteiger charge is 2.20. The number of carbonyl (C=O) groups excluding carboxylic acids is 1. The molecule has 0 spiro atoms. The van der Waals surface area contributed by atoms with Crippen LogP contribution in [0.3, 0.4) is 0 Å². The van der Waals surface area contributed by atoms with Crippen LogP contribution in [-0.2, 0) is 4.79 Å². The lowest BCUT2D eigenvalue weighted by atomic mass is 9.95. The van der Waals surface area contributed by atoms with Gasteiger partial charge in [-0.3, -0.25) is 9.89 Å². The molecule has 0 aliphatic heterocycles. The Kier molecular flexibility index (Phi) is 5.31. The Morgan fingerprint density at radius 1 is 1.43 bits per heavy atom. The molecule has 0 saturated carbocycles. The summed E-state index contributed by atoms with van der Waals surface area (Å²) in [7, 11) is 3.31. The van der Waals surface area contributed by atoms with Crippen LogP contribution < -0.4 is 9.64 Å². The van der Waals surface area contributed by atoms with Crippen LogP contribution >= 0.6 is 11.6 Å². The first-order chi connectivity index (χ1) is 10.8. The van der Waals surface area contributed by atoms with Crippen molar-refractivity contribution in [1.29, 1.82) is 0 Å². The van der Waals surface area contributed by atoms with Crippen molar-refractivity contribution in [3.63, 3.8) is 0 Å². The minimum absolute atomic E-state index is 0.0266. The minimum atomic E-state index is 0.0266. The van der Waals surface area contributed by atoms with Gasteiger partial charge in [0.05, 0.1) is 17.8 Å². The molecule has 1 aromatic carbocycles. The molecule has 0 saturated heterocycles. The third-order valence-electron chi connectivity index (χ3n) is 4.06. The molecular formula is C17H22ClN3O2. The molecule has 1 aromatic heterocycles. The van der Waals surface area contributed by atoms with Crippen LogP contribution in [0.15, 0.2) is 18.2 Å². The molecule has 0 aliphatic carbocycles. The summed E-state index contributed by atoms with van der Waals surface area (Å²) in [4.78, 5) is 14.2. The third kappa shape index (κ3) is 3.67. The second-order valence-corrected chi connectivity index (χ2v) is 6.13. The number of H-pyrrole nitrogens is 1. The lowest BCUT2D eigenvalue weighted by Gasteiger charge is -2.21. The normalized spacial score (nSPS) is 12.1. The average Bonchev–Trinajstić information content (AvgIpc) is 2.85. The monoisotopic (exact) mass is 335 g/mol. The number of nitrogens with zero attached hydrogens (tertiary/aromatic N) is 2. The van der Waals surface area contributed by atoms with Crippen LogP contribution in [0.1, 0.15) is 36.2 Å². The smallest absolute Gasteiger partial charge is 0.227 e. The molecule has 0 aliphatic rings. The highest BCUT2D eigenvalue weighted by molar-refractivity contribution is 6.32. The maximum Gasteiger partial charge on any atom is 0.227 e. The summed E-state index contributed by atoms with van der Waals surface area (Å²) < 4.78 is 5.13. The van der Waals surface area contributed by atoms with Crippen LogP contribution in [0.5, 0.6) is 5.75 Å². The Morgan fingerprint density at radius 2 is 2.13 bits per heavy atom. The van der Waals surface area contributed by atoms with Crippen molar-refractivity contribution < 1.29 is 9.53 Å². The molecule has 2 rings (SSSR count). The zero-order valence-electron chi connectivity index (χ0n) is 14.1. The summed E-state index contributed by atoms with van der Waals surface area (Å²) in [5, 5.41) is 7.65. The second-order valence-electron chi connectivity index (χ2n) is 5.72. The molecule has 1 atom stereocenters. The van der Waals surface area contributed by atoms with E-state index in [1.54, 1.807) is 31.2 Å². The Balaban J connectivity index is 2.12. The Bertz CT molecular complexity index is 692. The van der Waals surface area contributed by atoms with Gasteiger partial charge in [-0.25, -0.2) is 0 Å². The maximum atomic E-state index is 12.6. The van der Waals surface area contributed by atoms with Crippen LogP contribution in [-0.4, -0.2) is 30.3 Å². The summed E-state index contributed by atoms with van der Waals surface area (Å²) in [6.07, 6.45) is 0.404. The van der Waals surface area contributed by atoms with E-state index in [1.165, 1.54) is 0 Å². The van der Waals surface area contributed by atoms with Gasteiger partial charge in [0.25, 0.3) is 0 Å². The Hall–Kier alpha value is -2.01. The fraction of sp³-hybridized carbons (Fsp3) is 0.412. The summed E-state index contributed by atoms with van der Waals surface area (Å²) in [6, 6.07) is 5.31. The number of methoxy groups -OCH3 is 1. The SMILES string of the molecule is COc1ccc(N(C)C(=O)C[C@H](C)c2c(C)n[nH]c2C)cc1Cl. The quantitative estimate of drug-likeness (QED) is 0.903.